The van der Waals surface area contributed by atoms with Crippen molar-refractivity contribution in [3.63, 3.8) is 0 Å². The summed E-state index contributed by atoms with van der Waals surface area (Å²) in [6.45, 7) is 0. The van der Waals surface area contributed by atoms with Crippen molar-refractivity contribution in [2.75, 3.05) is 0 Å². The fraction of sp³-hybridized carbons (Fsp3) is 0.167. The topological polar surface area (TPSA) is 42.9 Å². The van der Waals surface area contributed by atoms with Crippen LogP contribution in [0.2, 0.25) is 5.15 Å². The van der Waals surface area contributed by atoms with Crippen LogP contribution in [0.1, 0.15) is 5.56 Å². The predicted octanol–water partition coefficient (Wildman–Crippen LogP) is 1.44. The van der Waals surface area contributed by atoms with Crippen molar-refractivity contribution < 1.29 is 4.79 Å². The molecule has 5 heteroatoms. The average Bonchev–Trinajstić information content (AvgIpc) is 1.93. The molecule has 3 nitrogen and oxygen atoms in total. The van der Waals surface area contributed by atoms with E-state index in [1.807, 2.05) is 0 Å². The third-order valence-corrected chi connectivity index (χ3v) is 1.54. The first-order valence-electron chi connectivity index (χ1n) is 2.83. The number of carbonyl (C=O) groups is 1. The molecule has 0 amide bonds. The predicted molar refractivity (Wildman–Crippen MR) is 41.6 cm³/mol. The summed E-state index contributed by atoms with van der Waals surface area (Å²) in [7, 11) is 0. The first kappa shape index (κ1) is 8.43. The Morgan fingerprint density at radius 3 is 2.91 bits per heavy atom. The molecular formula is C6H4Cl2N2O. The molecule has 0 spiro atoms. The van der Waals surface area contributed by atoms with Crippen LogP contribution in [0.3, 0.4) is 0 Å². The van der Waals surface area contributed by atoms with Crippen LogP contribution in [0.25, 0.3) is 0 Å². The molecule has 1 heterocycles. The van der Waals surface area contributed by atoms with Crippen molar-refractivity contribution in [1.29, 1.82) is 0 Å². The lowest BCUT2D eigenvalue weighted by Gasteiger charge is -1.95. The van der Waals surface area contributed by atoms with Gasteiger partial charge in [0, 0.05) is 11.8 Å². The van der Waals surface area contributed by atoms with Crippen LogP contribution in [0.15, 0.2) is 12.5 Å². The standard InChI is InChI=1S/C6H4Cl2N2O/c7-5(11)1-4-2-9-3-10-6(4)8/h2-3H,1H2. The first-order chi connectivity index (χ1) is 5.20. The molecule has 0 bridgehead atoms. The monoisotopic (exact) mass is 190 g/mol. The van der Waals surface area contributed by atoms with Gasteiger partial charge in [0.15, 0.2) is 0 Å². The molecule has 0 aliphatic carbocycles. The Morgan fingerprint density at radius 1 is 1.64 bits per heavy atom. The quantitative estimate of drug-likeness (QED) is 0.524. The zero-order valence-corrected chi connectivity index (χ0v) is 6.93. The van der Waals surface area contributed by atoms with E-state index in [9.17, 15) is 4.79 Å². The number of aromatic nitrogens is 2. The smallest absolute Gasteiger partial charge is 0.226 e. The van der Waals surface area contributed by atoms with E-state index in [2.05, 4.69) is 9.97 Å². The van der Waals surface area contributed by atoms with Gasteiger partial charge in [0.25, 0.3) is 0 Å². The number of nitrogens with zero attached hydrogens (tertiary/aromatic N) is 2. The van der Waals surface area contributed by atoms with Crippen molar-refractivity contribution in [1.82, 2.24) is 9.97 Å². The Bertz CT molecular complexity index is 277. The van der Waals surface area contributed by atoms with Gasteiger partial charge in [-0.05, 0) is 11.6 Å². The Morgan fingerprint density at radius 2 is 2.36 bits per heavy atom. The van der Waals surface area contributed by atoms with Crippen LogP contribution in [0.5, 0.6) is 0 Å². The summed E-state index contributed by atoms with van der Waals surface area (Å²) >= 11 is 10.7. The number of carbonyl (C=O) groups excluding carboxylic acids is 1. The highest BCUT2D eigenvalue weighted by Crippen LogP contribution is 2.11. The summed E-state index contributed by atoms with van der Waals surface area (Å²) in [6, 6.07) is 0. The van der Waals surface area contributed by atoms with Gasteiger partial charge in [-0.1, -0.05) is 11.6 Å². The van der Waals surface area contributed by atoms with Gasteiger partial charge >= 0.3 is 0 Å². The molecule has 11 heavy (non-hydrogen) atoms. The summed E-state index contributed by atoms with van der Waals surface area (Å²) < 4.78 is 0. The molecule has 1 rings (SSSR count). The molecule has 0 saturated carbocycles. The third-order valence-electron chi connectivity index (χ3n) is 1.06. The van der Waals surface area contributed by atoms with Crippen molar-refractivity contribution in [2.24, 2.45) is 0 Å². The van der Waals surface area contributed by atoms with E-state index in [0.29, 0.717) is 5.56 Å². The zero-order valence-electron chi connectivity index (χ0n) is 5.42. The highest BCUT2D eigenvalue weighted by Gasteiger charge is 2.04. The maximum atomic E-state index is 10.4. The molecule has 0 saturated heterocycles. The van der Waals surface area contributed by atoms with Gasteiger partial charge < -0.3 is 0 Å². The molecule has 0 atom stereocenters. The van der Waals surface area contributed by atoms with E-state index in [1.54, 1.807) is 0 Å². The molecule has 1 aromatic heterocycles. The van der Waals surface area contributed by atoms with Gasteiger partial charge in [-0.3, -0.25) is 4.79 Å². The number of rotatable bonds is 2. The molecule has 1 aromatic rings. The van der Waals surface area contributed by atoms with Crippen molar-refractivity contribution in [2.45, 2.75) is 6.42 Å². The fourth-order valence-electron chi connectivity index (χ4n) is 0.612. The second-order valence-electron chi connectivity index (χ2n) is 1.87. The van der Waals surface area contributed by atoms with E-state index in [-0.39, 0.29) is 11.6 Å². The van der Waals surface area contributed by atoms with Gasteiger partial charge in [0.2, 0.25) is 5.24 Å². The number of halogens is 2. The molecule has 0 aliphatic rings. The van der Waals surface area contributed by atoms with Crippen LogP contribution in [0.4, 0.5) is 0 Å². The molecular weight excluding hydrogens is 187 g/mol. The molecule has 0 unspecified atom stereocenters. The van der Waals surface area contributed by atoms with Gasteiger partial charge in [-0.25, -0.2) is 9.97 Å². The lowest BCUT2D eigenvalue weighted by Crippen LogP contribution is -1.96. The Labute approximate surface area is 73.4 Å². The van der Waals surface area contributed by atoms with Gasteiger partial charge in [-0.15, -0.1) is 0 Å². The lowest BCUT2D eigenvalue weighted by molar-refractivity contribution is -0.111. The second-order valence-corrected chi connectivity index (χ2v) is 2.65. The Kier molecular flexibility index (Phi) is 2.79. The Balaban J connectivity index is 2.86. The van der Waals surface area contributed by atoms with E-state index < -0.39 is 5.24 Å². The fourth-order valence-corrected chi connectivity index (χ4v) is 0.915. The van der Waals surface area contributed by atoms with Gasteiger partial charge in [-0.2, -0.15) is 0 Å². The molecule has 0 aliphatic heterocycles. The van der Waals surface area contributed by atoms with Gasteiger partial charge in [0.1, 0.15) is 11.5 Å². The van der Waals surface area contributed by atoms with E-state index in [1.165, 1.54) is 12.5 Å². The number of hydrogen-bond donors (Lipinski definition) is 0. The van der Waals surface area contributed by atoms with Crippen LogP contribution in [0, 0.1) is 0 Å². The van der Waals surface area contributed by atoms with Crippen molar-refractivity contribution in [3.8, 4) is 0 Å². The molecule has 58 valence electrons. The normalized spacial score (nSPS) is 9.64. The van der Waals surface area contributed by atoms with Crippen molar-refractivity contribution in [3.05, 3.63) is 23.2 Å². The zero-order chi connectivity index (χ0) is 8.27. The summed E-state index contributed by atoms with van der Waals surface area (Å²) in [6.07, 6.45) is 2.85. The van der Waals surface area contributed by atoms with Crippen molar-refractivity contribution >= 4 is 28.4 Å². The largest absolute Gasteiger partial charge is 0.281 e. The summed E-state index contributed by atoms with van der Waals surface area (Å²) in [5.74, 6) is 0. The van der Waals surface area contributed by atoms with Crippen LogP contribution in [-0.4, -0.2) is 15.2 Å². The van der Waals surface area contributed by atoms with E-state index in [4.69, 9.17) is 23.2 Å². The second kappa shape index (κ2) is 3.64. The van der Waals surface area contributed by atoms with Crippen LogP contribution >= 0.6 is 23.2 Å². The van der Waals surface area contributed by atoms with Crippen LogP contribution < -0.4 is 0 Å². The highest BCUT2D eigenvalue weighted by molar-refractivity contribution is 6.63. The summed E-state index contributed by atoms with van der Waals surface area (Å²) in [5.41, 5.74) is 0.550. The molecule has 0 N–H and O–H groups in total. The van der Waals surface area contributed by atoms with E-state index in [0.717, 1.165) is 0 Å². The molecule has 0 radical (unpaired) electrons. The summed E-state index contributed by atoms with van der Waals surface area (Å²) in [4.78, 5) is 17.8. The maximum Gasteiger partial charge on any atom is 0.226 e. The molecule has 0 aromatic carbocycles. The Hall–Kier alpha value is -0.670. The van der Waals surface area contributed by atoms with Crippen LogP contribution in [-0.2, 0) is 11.2 Å². The minimum Gasteiger partial charge on any atom is -0.281 e. The number of hydrogen-bond acceptors (Lipinski definition) is 3. The first-order valence-corrected chi connectivity index (χ1v) is 3.58. The SMILES string of the molecule is O=C(Cl)Cc1cncnc1Cl. The average molecular weight is 191 g/mol. The molecule has 0 fully saturated rings. The van der Waals surface area contributed by atoms with Gasteiger partial charge in [0.05, 0.1) is 6.42 Å². The van der Waals surface area contributed by atoms with E-state index >= 15 is 0 Å². The summed E-state index contributed by atoms with van der Waals surface area (Å²) in [5, 5.41) is -0.198. The maximum absolute atomic E-state index is 10.4. The minimum absolute atomic E-state index is 0.0707. The lowest BCUT2D eigenvalue weighted by atomic mass is 10.3. The minimum atomic E-state index is -0.471. The highest BCUT2D eigenvalue weighted by atomic mass is 35.5. The third kappa shape index (κ3) is 2.44.